The van der Waals surface area contributed by atoms with Gasteiger partial charge >= 0.3 is 17.9 Å². The SMILES string of the molecule is CCCCCCCCCCCCCCCCCCC(=O)O[C@H](COC(=O)CCCCCCCCCCCCC)COC(=O)CCCCCCCCCCCCC(C)CC. The minimum atomic E-state index is -0.760. The fourth-order valence-electron chi connectivity index (χ4n) is 8.01. The average molecular weight is 835 g/mol. The van der Waals surface area contributed by atoms with E-state index in [0.29, 0.717) is 19.3 Å². The number of hydrogen-bond acceptors (Lipinski definition) is 6. The van der Waals surface area contributed by atoms with Gasteiger partial charge in [-0.25, -0.2) is 0 Å². The molecule has 0 amide bonds. The molecule has 0 saturated heterocycles. The summed E-state index contributed by atoms with van der Waals surface area (Å²) < 4.78 is 16.8. The molecule has 0 spiro atoms. The molecular weight excluding hydrogens is 733 g/mol. The predicted octanol–water partition coefficient (Wildman–Crippen LogP) is 17.1. The first kappa shape index (κ1) is 57.4. The molecule has 0 fully saturated rings. The van der Waals surface area contributed by atoms with Crippen LogP contribution in [-0.2, 0) is 28.6 Å². The monoisotopic (exact) mass is 835 g/mol. The lowest BCUT2D eigenvalue weighted by molar-refractivity contribution is -0.167. The molecule has 59 heavy (non-hydrogen) atoms. The van der Waals surface area contributed by atoms with E-state index in [-0.39, 0.29) is 31.1 Å². The number of hydrogen-bond donors (Lipinski definition) is 0. The van der Waals surface area contributed by atoms with Gasteiger partial charge in [0.1, 0.15) is 13.2 Å². The summed E-state index contributed by atoms with van der Waals surface area (Å²) in [6.07, 6.45) is 49.3. The highest BCUT2D eigenvalue weighted by molar-refractivity contribution is 5.71. The molecule has 0 aromatic rings. The van der Waals surface area contributed by atoms with E-state index in [0.717, 1.165) is 63.7 Å². The molecule has 0 rings (SSSR count). The van der Waals surface area contributed by atoms with E-state index < -0.39 is 6.10 Å². The number of esters is 3. The summed E-state index contributed by atoms with van der Waals surface area (Å²) in [7, 11) is 0. The Kier molecular flexibility index (Phi) is 46.2. The normalized spacial score (nSPS) is 12.4. The third-order valence-corrected chi connectivity index (χ3v) is 12.4. The molecule has 0 aromatic carbocycles. The van der Waals surface area contributed by atoms with Crippen LogP contribution in [0.5, 0.6) is 0 Å². The second kappa shape index (κ2) is 47.5. The van der Waals surface area contributed by atoms with Gasteiger partial charge in [0.15, 0.2) is 6.10 Å². The Hall–Kier alpha value is -1.59. The van der Waals surface area contributed by atoms with Crippen molar-refractivity contribution in [1.29, 1.82) is 0 Å². The fraction of sp³-hybridized carbons (Fsp3) is 0.943. The maximum Gasteiger partial charge on any atom is 0.306 e. The van der Waals surface area contributed by atoms with Gasteiger partial charge in [0.2, 0.25) is 0 Å². The number of carbonyl (C=O) groups is 3. The lowest BCUT2D eigenvalue weighted by Gasteiger charge is -2.18. The summed E-state index contributed by atoms with van der Waals surface area (Å²) in [5, 5.41) is 0. The van der Waals surface area contributed by atoms with Crippen LogP contribution in [0.15, 0.2) is 0 Å². The number of unbranched alkanes of at least 4 members (excludes halogenated alkanes) is 34. The molecule has 1 unspecified atom stereocenters. The minimum absolute atomic E-state index is 0.0628. The molecule has 0 aliphatic heterocycles. The number of ether oxygens (including phenoxy) is 3. The van der Waals surface area contributed by atoms with E-state index in [1.54, 1.807) is 0 Å². The molecule has 0 N–H and O–H groups in total. The van der Waals surface area contributed by atoms with Crippen molar-refractivity contribution < 1.29 is 28.6 Å². The van der Waals surface area contributed by atoms with Crippen LogP contribution in [0.25, 0.3) is 0 Å². The van der Waals surface area contributed by atoms with Gasteiger partial charge in [-0.15, -0.1) is 0 Å². The zero-order valence-electron chi connectivity index (χ0n) is 40.2. The predicted molar refractivity (Wildman–Crippen MR) is 252 cm³/mol. The second-order valence-electron chi connectivity index (χ2n) is 18.4. The molecule has 0 saturated carbocycles. The van der Waals surface area contributed by atoms with Gasteiger partial charge in [0.05, 0.1) is 0 Å². The summed E-state index contributed by atoms with van der Waals surface area (Å²) in [6.45, 7) is 9.05. The summed E-state index contributed by atoms with van der Waals surface area (Å²) in [4.78, 5) is 37.9. The molecule has 6 nitrogen and oxygen atoms in total. The van der Waals surface area contributed by atoms with Crippen LogP contribution in [0.2, 0.25) is 0 Å². The third kappa shape index (κ3) is 45.8. The zero-order valence-corrected chi connectivity index (χ0v) is 40.2. The molecule has 350 valence electrons. The van der Waals surface area contributed by atoms with Crippen molar-refractivity contribution in [3.63, 3.8) is 0 Å². The highest BCUT2D eigenvalue weighted by atomic mass is 16.6. The van der Waals surface area contributed by atoms with Gasteiger partial charge < -0.3 is 14.2 Å². The molecule has 2 atom stereocenters. The van der Waals surface area contributed by atoms with Crippen LogP contribution < -0.4 is 0 Å². The van der Waals surface area contributed by atoms with E-state index in [1.807, 2.05) is 0 Å². The van der Waals surface area contributed by atoms with E-state index in [1.165, 1.54) is 193 Å². The maximum absolute atomic E-state index is 12.8. The Morgan fingerprint density at radius 2 is 0.593 bits per heavy atom. The first-order valence-corrected chi connectivity index (χ1v) is 26.4. The Balaban J connectivity index is 4.30. The Labute approximate surface area is 368 Å². The zero-order chi connectivity index (χ0) is 43.1. The van der Waals surface area contributed by atoms with Crippen molar-refractivity contribution in [3.05, 3.63) is 0 Å². The van der Waals surface area contributed by atoms with Gasteiger partial charge in [-0.05, 0) is 25.2 Å². The molecule has 0 aliphatic rings. The standard InChI is InChI=1S/C53H102O6/c1-5-8-10-12-14-16-18-19-20-21-22-24-30-34-38-42-46-53(56)59-50(47-57-51(54)44-40-36-32-28-23-17-15-13-11-9-6-2)48-58-52(55)45-41-37-33-29-26-25-27-31-35-39-43-49(4)7-3/h49-50H,5-48H2,1-4H3/t49?,50-/m1/s1. The molecule has 0 bridgehead atoms. The van der Waals surface area contributed by atoms with Crippen LogP contribution >= 0.6 is 0 Å². The quantitative estimate of drug-likeness (QED) is 0.0345. The van der Waals surface area contributed by atoms with Crippen LogP contribution in [0.3, 0.4) is 0 Å². The summed E-state index contributed by atoms with van der Waals surface area (Å²) in [5.74, 6) is 0.0261. The van der Waals surface area contributed by atoms with E-state index in [4.69, 9.17) is 14.2 Å². The topological polar surface area (TPSA) is 78.9 Å². The van der Waals surface area contributed by atoms with Crippen LogP contribution in [-0.4, -0.2) is 37.2 Å². The lowest BCUT2D eigenvalue weighted by Crippen LogP contribution is -2.30. The molecular formula is C53H102O6. The van der Waals surface area contributed by atoms with Crippen molar-refractivity contribution >= 4 is 17.9 Å². The molecule has 0 heterocycles. The summed E-state index contributed by atoms with van der Waals surface area (Å²) in [6, 6.07) is 0. The van der Waals surface area contributed by atoms with Gasteiger partial charge in [-0.1, -0.05) is 259 Å². The van der Waals surface area contributed by atoms with Gasteiger partial charge in [0, 0.05) is 19.3 Å². The second-order valence-corrected chi connectivity index (χ2v) is 18.4. The van der Waals surface area contributed by atoms with Crippen LogP contribution in [0.1, 0.15) is 297 Å². The number of rotatable bonds is 48. The molecule has 0 radical (unpaired) electrons. The van der Waals surface area contributed by atoms with Crippen molar-refractivity contribution in [2.45, 2.75) is 303 Å². The largest absolute Gasteiger partial charge is 0.462 e. The van der Waals surface area contributed by atoms with E-state index >= 15 is 0 Å². The molecule has 6 heteroatoms. The molecule has 0 aromatic heterocycles. The smallest absolute Gasteiger partial charge is 0.306 e. The molecule has 0 aliphatic carbocycles. The lowest BCUT2D eigenvalue weighted by atomic mass is 9.99. The Morgan fingerprint density at radius 1 is 0.339 bits per heavy atom. The van der Waals surface area contributed by atoms with Crippen molar-refractivity contribution in [3.8, 4) is 0 Å². The van der Waals surface area contributed by atoms with Gasteiger partial charge in [-0.3, -0.25) is 14.4 Å². The van der Waals surface area contributed by atoms with E-state index in [2.05, 4.69) is 27.7 Å². The fourth-order valence-corrected chi connectivity index (χ4v) is 8.01. The first-order chi connectivity index (χ1) is 28.9. The van der Waals surface area contributed by atoms with Crippen LogP contribution in [0, 0.1) is 5.92 Å². The first-order valence-electron chi connectivity index (χ1n) is 26.4. The average Bonchev–Trinajstić information content (AvgIpc) is 3.23. The van der Waals surface area contributed by atoms with Crippen molar-refractivity contribution in [2.24, 2.45) is 5.92 Å². The number of carbonyl (C=O) groups excluding carboxylic acids is 3. The minimum Gasteiger partial charge on any atom is -0.462 e. The van der Waals surface area contributed by atoms with Crippen LogP contribution in [0.4, 0.5) is 0 Å². The van der Waals surface area contributed by atoms with E-state index in [9.17, 15) is 14.4 Å². The third-order valence-electron chi connectivity index (χ3n) is 12.4. The summed E-state index contributed by atoms with van der Waals surface area (Å²) >= 11 is 0. The summed E-state index contributed by atoms with van der Waals surface area (Å²) in [5.41, 5.74) is 0. The Morgan fingerprint density at radius 3 is 0.881 bits per heavy atom. The Bertz CT molecular complexity index is 889. The van der Waals surface area contributed by atoms with Crippen molar-refractivity contribution in [1.82, 2.24) is 0 Å². The van der Waals surface area contributed by atoms with Gasteiger partial charge in [-0.2, -0.15) is 0 Å². The highest BCUT2D eigenvalue weighted by Gasteiger charge is 2.19. The van der Waals surface area contributed by atoms with Gasteiger partial charge in [0.25, 0.3) is 0 Å². The highest BCUT2D eigenvalue weighted by Crippen LogP contribution is 2.18. The van der Waals surface area contributed by atoms with Crippen molar-refractivity contribution in [2.75, 3.05) is 13.2 Å². The maximum atomic E-state index is 12.8.